The molecule has 0 aromatic carbocycles. The zero-order valence-corrected chi connectivity index (χ0v) is 24.4. The molecular formula is C24H42FeN3O9. The molecule has 0 spiro atoms. The van der Waals surface area contributed by atoms with Crippen molar-refractivity contribution in [2.75, 3.05) is 19.8 Å². The summed E-state index contributed by atoms with van der Waals surface area (Å²) >= 11 is 0. The number of carbonyl (C=O) groups is 6. The van der Waals surface area contributed by atoms with Crippen molar-refractivity contribution in [1.82, 2.24) is 16.0 Å². The van der Waals surface area contributed by atoms with Crippen LogP contribution in [-0.4, -0.2) is 71.5 Å². The van der Waals surface area contributed by atoms with Crippen molar-refractivity contribution in [3.05, 3.63) is 0 Å². The third-order valence-electron chi connectivity index (χ3n) is 3.74. The SMILES string of the molecule is CC(=O)CC(=O)NC(C)(C)C[O-].CC(=O)CC(=O)NC(C)(C)C[O-].CC(=O)CC(=O)NC(C)(C)C[O-].[Fe+3]. The summed E-state index contributed by atoms with van der Waals surface area (Å²) in [5, 5.41) is 38.8. The van der Waals surface area contributed by atoms with Crippen LogP contribution in [0, 0.1) is 0 Å². The third kappa shape index (κ3) is 29.9. The van der Waals surface area contributed by atoms with Gasteiger partial charge in [0.2, 0.25) is 17.7 Å². The monoisotopic (exact) mass is 572 g/mol. The molecule has 0 aliphatic rings. The summed E-state index contributed by atoms with van der Waals surface area (Å²) in [5.74, 6) is -1.76. The Morgan fingerprint density at radius 2 is 0.649 bits per heavy atom. The van der Waals surface area contributed by atoms with Gasteiger partial charge in [-0.15, -0.1) is 19.8 Å². The topological polar surface area (TPSA) is 208 Å². The zero-order valence-electron chi connectivity index (χ0n) is 23.3. The molecule has 0 rings (SSSR count). The minimum Gasteiger partial charge on any atom is -0.853 e. The van der Waals surface area contributed by atoms with Gasteiger partial charge in [0.1, 0.15) is 17.3 Å². The molecule has 13 heteroatoms. The molecule has 0 bridgehead atoms. The first-order valence-electron chi connectivity index (χ1n) is 11.3. The molecule has 0 aliphatic heterocycles. The minimum atomic E-state index is -0.757. The largest absolute Gasteiger partial charge is 3.00 e. The van der Waals surface area contributed by atoms with Gasteiger partial charge in [0, 0.05) is 16.6 Å². The second kappa shape index (κ2) is 19.9. The molecule has 0 aromatic rings. The van der Waals surface area contributed by atoms with Crippen LogP contribution in [-0.2, 0) is 45.8 Å². The molecule has 0 atom stereocenters. The van der Waals surface area contributed by atoms with Gasteiger partial charge in [-0.2, -0.15) is 0 Å². The van der Waals surface area contributed by atoms with E-state index in [1.807, 2.05) is 0 Å². The zero-order chi connectivity index (χ0) is 29.3. The second-order valence-electron chi connectivity index (χ2n) is 10.4. The van der Waals surface area contributed by atoms with Gasteiger partial charge in [-0.3, -0.25) is 28.8 Å². The van der Waals surface area contributed by atoms with E-state index in [0.717, 1.165) is 0 Å². The van der Waals surface area contributed by atoms with E-state index >= 15 is 0 Å². The summed E-state index contributed by atoms with van der Waals surface area (Å²) in [6.07, 6.45) is -0.448. The Balaban J connectivity index is -0.000000218. The fourth-order valence-electron chi connectivity index (χ4n) is 2.05. The summed E-state index contributed by atoms with van der Waals surface area (Å²) in [7, 11) is 0. The Morgan fingerprint density at radius 3 is 0.757 bits per heavy atom. The fraction of sp³-hybridized carbons (Fsp3) is 0.750. The minimum absolute atomic E-state index is 0. The number of carbonyl (C=O) groups excluding carboxylic acids is 6. The number of rotatable bonds is 12. The average molecular weight is 572 g/mol. The Hall–Kier alpha value is -2.18. The van der Waals surface area contributed by atoms with Crippen molar-refractivity contribution in [2.45, 2.75) is 98.2 Å². The van der Waals surface area contributed by atoms with Crippen molar-refractivity contribution in [3.8, 4) is 0 Å². The van der Waals surface area contributed by atoms with E-state index in [1.54, 1.807) is 41.5 Å². The third-order valence-corrected chi connectivity index (χ3v) is 3.74. The first kappa shape index (κ1) is 41.9. The van der Waals surface area contributed by atoms with Gasteiger partial charge in [-0.25, -0.2) is 0 Å². The molecule has 0 aromatic heterocycles. The Bertz CT molecular complexity index is 667. The van der Waals surface area contributed by atoms with Crippen molar-refractivity contribution >= 4 is 35.1 Å². The van der Waals surface area contributed by atoms with Crippen molar-refractivity contribution in [2.24, 2.45) is 0 Å². The molecule has 215 valence electrons. The number of hydrogen-bond donors (Lipinski definition) is 3. The number of amides is 3. The number of nitrogens with one attached hydrogen (secondary N) is 3. The summed E-state index contributed by atoms with van der Waals surface area (Å²) in [4.78, 5) is 64.3. The molecule has 0 unspecified atom stereocenters. The van der Waals surface area contributed by atoms with Gasteiger partial charge >= 0.3 is 17.1 Å². The van der Waals surface area contributed by atoms with Crippen molar-refractivity contribution < 1.29 is 61.2 Å². The maximum Gasteiger partial charge on any atom is 3.00 e. The van der Waals surface area contributed by atoms with Crippen LogP contribution in [0.3, 0.4) is 0 Å². The van der Waals surface area contributed by atoms with E-state index in [1.165, 1.54) is 20.8 Å². The van der Waals surface area contributed by atoms with E-state index in [2.05, 4.69) is 16.0 Å². The summed E-state index contributed by atoms with van der Waals surface area (Å²) < 4.78 is 0. The van der Waals surface area contributed by atoms with Gasteiger partial charge in [0.15, 0.2) is 0 Å². The summed E-state index contributed by atoms with van der Waals surface area (Å²) in [5.41, 5.74) is -2.27. The van der Waals surface area contributed by atoms with Crippen LogP contribution in [0.25, 0.3) is 0 Å². The number of hydrogen-bond acceptors (Lipinski definition) is 9. The molecule has 3 amide bonds. The van der Waals surface area contributed by atoms with Crippen LogP contribution in [0.1, 0.15) is 81.6 Å². The fourth-order valence-corrected chi connectivity index (χ4v) is 2.05. The van der Waals surface area contributed by atoms with E-state index in [0.29, 0.717) is 0 Å². The predicted octanol–water partition coefficient (Wildman–Crippen LogP) is -2.34. The Morgan fingerprint density at radius 1 is 0.486 bits per heavy atom. The van der Waals surface area contributed by atoms with Gasteiger partial charge < -0.3 is 31.3 Å². The van der Waals surface area contributed by atoms with E-state index in [9.17, 15) is 44.1 Å². The molecule has 0 aliphatic carbocycles. The number of ketones is 3. The van der Waals surface area contributed by atoms with E-state index < -0.39 is 36.4 Å². The molecule has 12 nitrogen and oxygen atoms in total. The molecule has 0 saturated carbocycles. The Labute approximate surface area is 230 Å². The van der Waals surface area contributed by atoms with Crippen LogP contribution in [0.15, 0.2) is 0 Å². The molecule has 37 heavy (non-hydrogen) atoms. The van der Waals surface area contributed by atoms with Crippen LogP contribution >= 0.6 is 0 Å². The molecule has 0 saturated heterocycles. The van der Waals surface area contributed by atoms with Crippen LogP contribution < -0.4 is 31.3 Å². The quantitative estimate of drug-likeness (QED) is 0.169. The van der Waals surface area contributed by atoms with Crippen molar-refractivity contribution in [3.63, 3.8) is 0 Å². The van der Waals surface area contributed by atoms with Crippen molar-refractivity contribution in [1.29, 1.82) is 0 Å². The number of Topliss-reactive ketones (excluding diaryl/α,β-unsaturated/α-hetero) is 3. The van der Waals surface area contributed by atoms with E-state index in [4.69, 9.17) is 0 Å². The standard InChI is InChI=1S/3C8H14NO3.Fe/c3*1-6(11)4-7(12)9-8(2,3)5-10;/h3*4-5H2,1-3H3,(H,9,12);/q3*-1;+3. The normalized spacial score (nSPS) is 10.7. The van der Waals surface area contributed by atoms with Crippen LogP contribution in [0.5, 0.6) is 0 Å². The summed E-state index contributed by atoms with van der Waals surface area (Å²) in [6.45, 7) is 12.6. The van der Waals surface area contributed by atoms with Gasteiger partial charge in [0.25, 0.3) is 0 Å². The maximum atomic E-state index is 11.0. The van der Waals surface area contributed by atoms with Crippen LogP contribution in [0.2, 0.25) is 0 Å². The average Bonchev–Trinajstić information content (AvgIpc) is 2.65. The smallest absolute Gasteiger partial charge is 0.853 e. The predicted molar refractivity (Wildman–Crippen MR) is 127 cm³/mol. The maximum absolute atomic E-state index is 11.0. The molecule has 0 heterocycles. The van der Waals surface area contributed by atoms with Gasteiger partial charge in [-0.1, -0.05) is 0 Å². The van der Waals surface area contributed by atoms with Gasteiger partial charge in [0.05, 0.1) is 19.3 Å². The molecule has 3 N–H and O–H groups in total. The van der Waals surface area contributed by atoms with E-state index in [-0.39, 0.29) is 71.4 Å². The molecule has 0 fully saturated rings. The second-order valence-corrected chi connectivity index (χ2v) is 10.4. The van der Waals surface area contributed by atoms with Crippen LogP contribution in [0.4, 0.5) is 0 Å². The Kier molecular flexibility index (Phi) is 22.5. The summed E-state index contributed by atoms with van der Waals surface area (Å²) in [6, 6.07) is 0. The first-order chi connectivity index (χ1) is 16.1. The molecular weight excluding hydrogens is 530 g/mol. The van der Waals surface area contributed by atoms with Gasteiger partial charge in [-0.05, 0) is 62.3 Å². The first-order valence-corrected chi connectivity index (χ1v) is 11.3. The molecule has 1 radical (unpaired) electrons.